The quantitative estimate of drug-likeness (QED) is 0.759. The van der Waals surface area contributed by atoms with Crippen LogP contribution in [-0.2, 0) is 4.74 Å². The van der Waals surface area contributed by atoms with Crippen molar-refractivity contribution in [1.82, 2.24) is 4.90 Å². The van der Waals surface area contributed by atoms with E-state index in [2.05, 4.69) is 10.1 Å². The number of anilines is 1. The Kier molecular flexibility index (Phi) is 7.13. The summed E-state index contributed by atoms with van der Waals surface area (Å²) >= 11 is 0. The maximum Gasteiger partial charge on any atom is 0.411 e. The second-order valence-electron chi connectivity index (χ2n) is 4.68. The number of aryl methyl sites for hydroxylation is 1. The molecule has 0 fully saturated rings. The Bertz CT molecular complexity index is 481. The number of benzene rings is 1. The fraction of sp³-hybridized carbons (Fsp3) is 0.500. The Morgan fingerprint density at radius 3 is 2.68 bits per heavy atom. The number of nitrogens with one attached hydrogen (secondary N) is 1. The van der Waals surface area contributed by atoms with Crippen LogP contribution in [0, 0.1) is 6.92 Å². The van der Waals surface area contributed by atoms with Gasteiger partial charge in [-0.25, -0.2) is 4.79 Å². The van der Waals surface area contributed by atoms with E-state index in [0.29, 0.717) is 5.69 Å². The molecule has 1 rings (SSSR count). The lowest BCUT2D eigenvalue weighted by atomic mass is 10.2. The van der Waals surface area contributed by atoms with Gasteiger partial charge in [-0.3, -0.25) is 0 Å². The predicted molar refractivity (Wildman–Crippen MR) is 75.7 cm³/mol. The zero-order chi connectivity index (χ0) is 16.6. The molecule has 0 aliphatic heterocycles. The van der Waals surface area contributed by atoms with E-state index in [1.165, 1.54) is 4.90 Å². The summed E-state index contributed by atoms with van der Waals surface area (Å²) in [5.41, 5.74) is 1.53. The molecule has 8 heteroatoms. The SMILES string of the molecule is Cc1cccc(NC(=O)N(CCO)CCOCC(F)(F)F)c1. The normalized spacial score (nSPS) is 11.3. The van der Waals surface area contributed by atoms with Crippen molar-refractivity contribution in [2.24, 2.45) is 0 Å². The Balaban J connectivity index is 2.49. The summed E-state index contributed by atoms with van der Waals surface area (Å²) in [5.74, 6) is 0. The molecule has 2 N–H and O–H groups in total. The van der Waals surface area contributed by atoms with Crippen LogP contribution in [0.15, 0.2) is 24.3 Å². The van der Waals surface area contributed by atoms with Crippen molar-refractivity contribution >= 4 is 11.7 Å². The van der Waals surface area contributed by atoms with E-state index in [1.54, 1.807) is 18.2 Å². The number of hydrogen-bond donors (Lipinski definition) is 2. The van der Waals surface area contributed by atoms with Crippen molar-refractivity contribution in [3.8, 4) is 0 Å². The van der Waals surface area contributed by atoms with Crippen molar-refractivity contribution in [3.63, 3.8) is 0 Å². The summed E-state index contributed by atoms with van der Waals surface area (Å²) in [7, 11) is 0. The van der Waals surface area contributed by atoms with Crippen LogP contribution in [-0.4, -0.2) is 55.1 Å². The largest absolute Gasteiger partial charge is 0.411 e. The standard InChI is InChI=1S/C14H19F3N2O3/c1-11-3-2-4-12(9-11)18-13(21)19(5-7-20)6-8-22-10-14(15,16)17/h2-4,9,20H,5-8,10H2,1H3,(H,18,21). The minimum Gasteiger partial charge on any atom is -0.395 e. The van der Waals surface area contributed by atoms with Crippen molar-refractivity contribution in [3.05, 3.63) is 29.8 Å². The average molecular weight is 320 g/mol. The molecule has 0 saturated carbocycles. The van der Waals surface area contributed by atoms with E-state index in [-0.39, 0.29) is 26.3 Å². The van der Waals surface area contributed by atoms with E-state index in [1.807, 2.05) is 13.0 Å². The Hall–Kier alpha value is -1.80. The van der Waals surface area contributed by atoms with Gasteiger partial charge in [0.1, 0.15) is 6.61 Å². The van der Waals surface area contributed by atoms with Crippen molar-refractivity contribution in [2.45, 2.75) is 13.1 Å². The molecule has 2 amide bonds. The first-order chi connectivity index (χ1) is 10.3. The molecule has 0 aliphatic rings. The first-order valence-electron chi connectivity index (χ1n) is 6.70. The molecule has 0 bridgehead atoms. The zero-order valence-corrected chi connectivity index (χ0v) is 12.2. The highest BCUT2D eigenvalue weighted by Gasteiger charge is 2.27. The molecule has 0 aromatic heterocycles. The van der Waals surface area contributed by atoms with Crippen molar-refractivity contribution < 1.29 is 27.8 Å². The van der Waals surface area contributed by atoms with Gasteiger partial charge in [0, 0.05) is 18.8 Å². The van der Waals surface area contributed by atoms with Crippen LogP contribution >= 0.6 is 0 Å². The van der Waals surface area contributed by atoms with Crippen LogP contribution in [0.5, 0.6) is 0 Å². The van der Waals surface area contributed by atoms with Gasteiger partial charge < -0.3 is 20.1 Å². The van der Waals surface area contributed by atoms with Gasteiger partial charge in [-0.15, -0.1) is 0 Å². The lowest BCUT2D eigenvalue weighted by Gasteiger charge is -2.22. The Labute approximate surface area is 126 Å². The van der Waals surface area contributed by atoms with Crippen LogP contribution in [0.1, 0.15) is 5.56 Å². The Morgan fingerprint density at radius 2 is 2.09 bits per heavy atom. The predicted octanol–water partition coefficient (Wildman–Crippen LogP) is 2.40. The number of rotatable bonds is 7. The summed E-state index contributed by atoms with van der Waals surface area (Å²) < 4.78 is 40.3. The van der Waals surface area contributed by atoms with E-state index in [9.17, 15) is 18.0 Å². The number of nitrogens with zero attached hydrogens (tertiary/aromatic N) is 1. The number of aliphatic hydroxyl groups excluding tert-OH is 1. The minimum atomic E-state index is -4.40. The number of hydrogen-bond acceptors (Lipinski definition) is 3. The maximum atomic E-state index is 12.0. The number of urea groups is 1. The van der Waals surface area contributed by atoms with Gasteiger partial charge in [-0.2, -0.15) is 13.2 Å². The first kappa shape index (κ1) is 18.2. The molecule has 0 aliphatic carbocycles. The lowest BCUT2D eigenvalue weighted by molar-refractivity contribution is -0.174. The average Bonchev–Trinajstić information content (AvgIpc) is 2.41. The zero-order valence-electron chi connectivity index (χ0n) is 12.2. The third-order valence-electron chi connectivity index (χ3n) is 2.70. The molecule has 22 heavy (non-hydrogen) atoms. The Morgan fingerprint density at radius 1 is 1.36 bits per heavy atom. The van der Waals surface area contributed by atoms with Crippen molar-refractivity contribution in [1.29, 1.82) is 0 Å². The highest BCUT2D eigenvalue weighted by Crippen LogP contribution is 2.14. The molecule has 0 spiro atoms. The van der Waals surface area contributed by atoms with E-state index >= 15 is 0 Å². The van der Waals surface area contributed by atoms with Gasteiger partial charge in [-0.1, -0.05) is 12.1 Å². The molecular formula is C14H19F3N2O3. The monoisotopic (exact) mass is 320 g/mol. The number of alkyl halides is 3. The molecule has 1 aromatic rings. The van der Waals surface area contributed by atoms with Gasteiger partial charge in [0.2, 0.25) is 0 Å². The van der Waals surface area contributed by atoms with Crippen LogP contribution in [0.4, 0.5) is 23.7 Å². The van der Waals surface area contributed by atoms with Gasteiger partial charge in [-0.05, 0) is 24.6 Å². The molecule has 5 nitrogen and oxygen atoms in total. The highest BCUT2D eigenvalue weighted by atomic mass is 19.4. The van der Waals surface area contributed by atoms with Crippen LogP contribution < -0.4 is 5.32 Å². The summed E-state index contributed by atoms with van der Waals surface area (Å²) in [6.07, 6.45) is -4.40. The van der Waals surface area contributed by atoms with E-state index in [0.717, 1.165) is 5.56 Å². The van der Waals surface area contributed by atoms with Crippen LogP contribution in [0.3, 0.4) is 0 Å². The second-order valence-corrected chi connectivity index (χ2v) is 4.68. The lowest BCUT2D eigenvalue weighted by Crippen LogP contribution is -2.39. The fourth-order valence-corrected chi connectivity index (χ4v) is 1.72. The van der Waals surface area contributed by atoms with E-state index in [4.69, 9.17) is 5.11 Å². The number of ether oxygens (including phenoxy) is 1. The van der Waals surface area contributed by atoms with Gasteiger partial charge >= 0.3 is 12.2 Å². The van der Waals surface area contributed by atoms with Crippen LogP contribution in [0.25, 0.3) is 0 Å². The molecule has 0 saturated heterocycles. The number of amides is 2. The van der Waals surface area contributed by atoms with Gasteiger partial charge in [0.25, 0.3) is 0 Å². The maximum absolute atomic E-state index is 12.0. The number of carbonyl (C=O) groups excluding carboxylic acids is 1. The topological polar surface area (TPSA) is 61.8 Å². The number of halogens is 3. The molecule has 0 radical (unpaired) electrons. The van der Waals surface area contributed by atoms with Crippen molar-refractivity contribution in [2.75, 3.05) is 38.2 Å². The van der Waals surface area contributed by atoms with Crippen LogP contribution in [0.2, 0.25) is 0 Å². The summed E-state index contributed by atoms with van der Waals surface area (Å²) in [4.78, 5) is 13.2. The minimum absolute atomic E-state index is 0.00697. The molecular weight excluding hydrogens is 301 g/mol. The van der Waals surface area contributed by atoms with Gasteiger partial charge in [0.05, 0.1) is 13.2 Å². The fourth-order valence-electron chi connectivity index (χ4n) is 1.72. The first-order valence-corrected chi connectivity index (χ1v) is 6.70. The molecule has 124 valence electrons. The third-order valence-corrected chi connectivity index (χ3v) is 2.70. The van der Waals surface area contributed by atoms with E-state index < -0.39 is 18.8 Å². The number of aliphatic hydroxyl groups is 1. The number of carbonyl (C=O) groups is 1. The highest BCUT2D eigenvalue weighted by molar-refractivity contribution is 5.89. The molecule has 0 heterocycles. The second kappa shape index (κ2) is 8.60. The molecule has 1 aromatic carbocycles. The summed E-state index contributed by atoms with van der Waals surface area (Å²) in [5, 5.41) is 11.6. The summed E-state index contributed by atoms with van der Waals surface area (Å²) in [6.45, 7) is -0.0891. The smallest absolute Gasteiger partial charge is 0.395 e. The third kappa shape index (κ3) is 7.28. The molecule has 0 atom stereocenters. The summed E-state index contributed by atoms with van der Waals surface area (Å²) in [6, 6.07) is 6.59. The molecule has 0 unspecified atom stereocenters. The van der Waals surface area contributed by atoms with Gasteiger partial charge in [0.15, 0.2) is 0 Å².